The van der Waals surface area contributed by atoms with Crippen LogP contribution in [-0.4, -0.2) is 17.7 Å². The summed E-state index contributed by atoms with van der Waals surface area (Å²) in [7, 11) is 0. The van der Waals surface area contributed by atoms with Gasteiger partial charge in [-0.05, 0) is 36.2 Å². The Morgan fingerprint density at radius 3 is 2.40 bits per heavy atom. The van der Waals surface area contributed by atoms with Gasteiger partial charge in [-0.1, -0.05) is 36.3 Å². The molecule has 3 rings (SSSR count). The molecule has 1 amide bonds. The minimum atomic E-state index is -0.345. The molecule has 25 heavy (non-hydrogen) atoms. The fraction of sp³-hybridized carbons (Fsp3) is 0.200. The van der Waals surface area contributed by atoms with Crippen molar-refractivity contribution in [2.45, 2.75) is 19.8 Å². The second kappa shape index (κ2) is 7.66. The minimum Gasteiger partial charge on any atom is -0.494 e. The summed E-state index contributed by atoms with van der Waals surface area (Å²) in [5.41, 5.74) is 8.68. The van der Waals surface area contributed by atoms with Crippen molar-refractivity contribution in [1.82, 2.24) is 5.16 Å². The largest absolute Gasteiger partial charge is 0.494 e. The van der Waals surface area contributed by atoms with Crippen molar-refractivity contribution in [3.63, 3.8) is 0 Å². The van der Waals surface area contributed by atoms with Crippen molar-refractivity contribution in [2.24, 2.45) is 5.73 Å². The van der Waals surface area contributed by atoms with E-state index in [1.165, 1.54) is 0 Å². The molecule has 3 aromatic rings. The highest BCUT2D eigenvalue weighted by atomic mass is 16.5. The monoisotopic (exact) mass is 336 g/mol. The predicted molar refractivity (Wildman–Crippen MR) is 96.1 cm³/mol. The lowest BCUT2D eigenvalue weighted by molar-refractivity contribution is -0.117. The second-order valence-corrected chi connectivity index (χ2v) is 5.79. The molecule has 0 aliphatic carbocycles. The molecule has 0 aliphatic rings. The van der Waals surface area contributed by atoms with E-state index in [0.29, 0.717) is 12.4 Å². The first kappa shape index (κ1) is 16.8. The quantitative estimate of drug-likeness (QED) is 0.711. The van der Waals surface area contributed by atoms with Gasteiger partial charge in [0.15, 0.2) is 5.76 Å². The van der Waals surface area contributed by atoms with E-state index in [9.17, 15) is 4.79 Å². The van der Waals surface area contributed by atoms with Crippen LogP contribution in [0, 0.1) is 0 Å². The van der Waals surface area contributed by atoms with Gasteiger partial charge in [-0.2, -0.15) is 0 Å². The number of ether oxygens (including phenoxy) is 1. The van der Waals surface area contributed by atoms with E-state index >= 15 is 0 Å². The van der Waals surface area contributed by atoms with Gasteiger partial charge in [0.1, 0.15) is 11.4 Å². The average molecular weight is 336 g/mol. The SMILES string of the molecule is CCCOc1ccc(-c2cc(-c3ccc(CC(N)=O)cc3)no2)cc1. The number of amides is 1. The number of nitrogens with two attached hydrogens (primary N) is 1. The van der Waals surface area contributed by atoms with Crippen molar-refractivity contribution in [2.75, 3.05) is 6.61 Å². The molecule has 1 heterocycles. The number of hydrogen-bond donors (Lipinski definition) is 1. The van der Waals surface area contributed by atoms with Gasteiger partial charge < -0.3 is 15.0 Å². The van der Waals surface area contributed by atoms with Crippen LogP contribution in [-0.2, 0) is 11.2 Å². The molecule has 0 saturated heterocycles. The Labute approximate surface area is 146 Å². The molecule has 0 aliphatic heterocycles. The molecule has 5 nitrogen and oxygen atoms in total. The molecular weight excluding hydrogens is 316 g/mol. The molecular formula is C20H20N2O3. The fourth-order valence-electron chi connectivity index (χ4n) is 2.48. The number of carbonyl (C=O) groups excluding carboxylic acids is 1. The van der Waals surface area contributed by atoms with Crippen LogP contribution in [0.2, 0.25) is 0 Å². The first-order chi connectivity index (χ1) is 12.2. The van der Waals surface area contributed by atoms with Crippen LogP contribution in [0.5, 0.6) is 5.75 Å². The predicted octanol–water partition coefficient (Wildman–Crippen LogP) is 3.83. The van der Waals surface area contributed by atoms with Gasteiger partial charge in [-0.15, -0.1) is 0 Å². The highest BCUT2D eigenvalue weighted by molar-refractivity contribution is 5.77. The molecule has 0 bridgehead atoms. The fourth-order valence-corrected chi connectivity index (χ4v) is 2.48. The van der Waals surface area contributed by atoms with Crippen LogP contribution in [0.1, 0.15) is 18.9 Å². The minimum absolute atomic E-state index is 0.233. The zero-order valence-electron chi connectivity index (χ0n) is 14.1. The summed E-state index contributed by atoms with van der Waals surface area (Å²) >= 11 is 0. The summed E-state index contributed by atoms with van der Waals surface area (Å²) in [6, 6.07) is 17.2. The standard InChI is InChI=1S/C20H20N2O3/c1-2-11-24-17-9-7-16(8-10-17)19-13-18(22-25-19)15-5-3-14(4-6-15)12-20(21)23/h3-10,13H,2,11-12H2,1H3,(H2,21,23). The lowest BCUT2D eigenvalue weighted by Gasteiger charge is -2.04. The third-order valence-corrected chi connectivity index (χ3v) is 3.75. The van der Waals surface area contributed by atoms with Crippen molar-refractivity contribution < 1.29 is 14.1 Å². The van der Waals surface area contributed by atoms with Gasteiger partial charge in [0.2, 0.25) is 5.91 Å². The smallest absolute Gasteiger partial charge is 0.221 e. The molecule has 0 saturated carbocycles. The van der Waals surface area contributed by atoms with Crippen LogP contribution in [0.3, 0.4) is 0 Å². The third kappa shape index (κ3) is 4.26. The molecule has 0 atom stereocenters. The van der Waals surface area contributed by atoms with Gasteiger partial charge in [0.25, 0.3) is 0 Å². The Kier molecular flexibility index (Phi) is 5.14. The number of primary amides is 1. The molecule has 0 unspecified atom stereocenters. The summed E-state index contributed by atoms with van der Waals surface area (Å²) < 4.78 is 11.0. The maximum Gasteiger partial charge on any atom is 0.221 e. The summed E-state index contributed by atoms with van der Waals surface area (Å²) in [4.78, 5) is 11.0. The lowest BCUT2D eigenvalue weighted by atomic mass is 10.1. The Morgan fingerprint density at radius 2 is 1.76 bits per heavy atom. The molecule has 0 fully saturated rings. The number of nitrogens with zero attached hydrogens (tertiary/aromatic N) is 1. The summed E-state index contributed by atoms with van der Waals surface area (Å²) in [5, 5.41) is 4.13. The van der Waals surface area contributed by atoms with E-state index in [2.05, 4.69) is 12.1 Å². The lowest BCUT2D eigenvalue weighted by Crippen LogP contribution is -2.13. The van der Waals surface area contributed by atoms with Gasteiger partial charge in [-0.25, -0.2) is 0 Å². The molecule has 5 heteroatoms. The second-order valence-electron chi connectivity index (χ2n) is 5.79. The van der Waals surface area contributed by atoms with Crippen molar-refractivity contribution in [3.05, 3.63) is 60.2 Å². The molecule has 2 N–H and O–H groups in total. The summed E-state index contributed by atoms with van der Waals surface area (Å²) in [6.07, 6.45) is 1.21. The zero-order valence-corrected chi connectivity index (χ0v) is 14.1. The van der Waals surface area contributed by atoms with Crippen molar-refractivity contribution in [1.29, 1.82) is 0 Å². The molecule has 128 valence electrons. The number of hydrogen-bond acceptors (Lipinski definition) is 4. The van der Waals surface area contributed by atoms with Crippen LogP contribution < -0.4 is 10.5 Å². The summed E-state index contributed by atoms with van der Waals surface area (Å²) in [6.45, 7) is 2.78. The maximum absolute atomic E-state index is 11.0. The van der Waals surface area contributed by atoms with E-state index in [-0.39, 0.29) is 12.3 Å². The van der Waals surface area contributed by atoms with Crippen molar-refractivity contribution in [3.8, 4) is 28.3 Å². The van der Waals surface area contributed by atoms with Crippen molar-refractivity contribution >= 4 is 5.91 Å². The zero-order chi connectivity index (χ0) is 17.6. The first-order valence-electron chi connectivity index (χ1n) is 8.23. The topological polar surface area (TPSA) is 78.4 Å². The van der Waals surface area contributed by atoms with Crippen LogP contribution in [0.15, 0.2) is 59.1 Å². The molecule has 1 aromatic heterocycles. The van der Waals surface area contributed by atoms with E-state index in [0.717, 1.165) is 34.6 Å². The van der Waals surface area contributed by atoms with Crippen LogP contribution in [0.4, 0.5) is 0 Å². The van der Waals surface area contributed by atoms with Gasteiger partial charge in [-0.3, -0.25) is 4.79 Å². The van der Waals surface area contributed by atoms with Gasteiger partial charge in [0, 0.05) is 17.2 Å². The highest BCUT2D eigenvalue weighted by Gasteiger charge is 2.09. The average Bonchev–Trinajstić information content (AvgIpc) is 3.10. The van der Waals surface area contributed by atoms with E-state index in [1.54, 1.807) is 0 Å². The van der Waals surface area contributed by atoms with Gasteiger partial charge >= 0.3 is 0 Å². The Balaban J connectivity index is 1.74. The van der Waals surface area contributed by atoms with E-state index in [4.69, 9.17) is 15.0 Å². The first-order valence-corrected chi connectivity index (χ1v) is 8.23. The Morgan fingerprint density at radius 1 is 1.08 bits per heavy atom. The van der Waals surface area contributed by atoms with E-state index in [1.807, 2.05) is 54.6 Å². The molecule has 2 aromatic carbocycles. The molecule has 0 radical (unpaired) electrons. The maximum atomic E-state index is 11.0. The number of aromatic nitrogens is 1. The normalized spacial score (nSPS) is 10.6. The number of carbonyl (C=O) groups is 1. The summed E-state index contributed by atoms with van der Waals surface area (Å²) in [5.74, 6) is 1.19. The number of rotatable bonds is 7. The third-order valence-electron chi connectivity index (χ3n) is 3.75. The van der Waals surface area contributed by atoms with Gasteiger partial charge in [0.05, 0.1) is 13.0 Å². The molecule has 0 spiro atoms. The number of benzene rings is 2. The Bertz CT molecular complexity index is 836. The van der Waals surface area contributed by atoms with E-state index < -0.39 is 0 Å². The Hall–Kier alpha value is -3.08. The van der Waals surface area contributed by atoms with Crippen LogP contribution in [0.25, 0.3) is 22.6 Å². The van der Waals surface area contributed by atoms with Crippen LogP contribution >= 0.6 is 0 Å². The highest BCUT2D eigenvalue weighted by Crippen LogP contribution is 2.27.